The molecule has 7 heteroatoms. The van der Waals surface area contributed by atoms with E-state index >= 15 is 0 Å². The van der Waals surface area contributed by atoms with Crippen LogP contribution in [0.15, 0.2) is 70.0 Å². The molecule has 0 aliphatic heterocycles. The summed E-state index contributed by atoms with van der Waals surface area (Å²) in [6.07, 6.45) is 0.413. The van der Waals surface area contributed by atoms with Crippen LogP contribution in [-0.2, 0) is 13.0 Å². The fourth-order valence-electron chi connectivity index (χ4n) is 2.87. The molecule has 0 fully saturated rings. The monoisotopic (exact) mass is 392 g/mol. The van der Waals surface area contributed by atoms with Crippen LogP contribution in [0.5, 0.6) is 0 Å². The lowest BCUT2D eigenvalue weighted by Crippen LogP contribution is -2.23. The zero-order valence-corrected chi connectivity index (χ0v) is 15.9. The molecule has 0 unspecified atom stereocenters. The first kappa shape index (κ1) is 18.1. The summed E-state index contributed by atoms with van der Waals surface area (Å²) in [6, 6.07) is 18.4. The van der Waals surface area contributed by atoms with Gasteiger partial charge in [-0.15, -0.1) is 0 Å². The van der Waals surface area contributed by atoms with Crippen molar-refractivity contribution in [1.29, 1.82) is 0 Å². The third kappa shape index (κ3) is 3.87. The summed E-state index contributed by atoms with van der Waals surface area (Å²) in [5, 5.41) is 9.14. The maximum absolute atomic E-state index is 12.2. The van der Waals surface area contributed by atoms with Gasteiger partial charge in [0, 0.05) is 28.6 Å². The van der Waals surface area contributed by atoms with E-state index in [9.17, 15) is 4.79 Å². The highest BCUT2D eigenvalue weighted by Crippen LogP contribution is 2.20. The van der Waals surface area contributed by atoms with Gasteiger partial charge in [0.2, 0.25) is 11.7 Å². The van der Waals surface area contributed by atoms with E-state index in [1.54, 1.807) is 18.2 Å². The van der Waals surface area contributed by atoms with Gasteiger partial charge in [-0.05, 0) is 30.7 Å². The zero-order chi connectivity index (χ0) is 19.5. The summed E-state index contributed by atoms with van der Waals surface area (Å²) in [7, 11) is 0. The summed E-state index contributed by atoms with van der Waals surface area (Å²) in [5.74, 6) is 1.01. The first-order chi connectivity index (χ1) is 13.6. The highest BCUT2D eigenvalue weighted by Gasteiger charge is 2.11. The lowest BCUT2D eigenvalue weighted by molar-refractivity contribution is 0.367. The molecule has 0 radical (unpaired) electrons. The number of hydrogen-bond donors (Lipinski definition) is 0. The van der Waals surface area contributed by atoms with Gasteiger partial charge in [0.1, 0.15) is 0 Å². The molecule has 6 nitrogen and oxygen atoms in total. The Balaban J connectivity index is 1.52. The number of halogens is 1. The van der Waals surface area contributed by atoms with Crippen molar-refractivity contribution in [2.45, 2.75) is 19.9 Å². The van der Waals surface area contributed by atoms with Gasteiger partial charge in [0.25, 0.3) is 5.56 Å². The summed E-state index contributed by atoms with van der Waals surface area (Å²) in [5.41, 5.74) is 3.40. The minimum absolute atomic E-state index is 0.184. The molecule has 2 aromatic carbocycles. The first-order valence-corrected chi connectivity index (χ1v) is 9.20. The molecule has 4 rings (SSSR count). The van der Waals surface area contributed by atoms with Crippen LogP contribution < -0.4 is 5.56 Å². The molecular weight excluding hydrogens is 376 g/mol. The number of aromatic nitrogens is 4. The normalized spacial score (nSPS) is 10.9. The number of aryl methyl sites for hydroxylation is 3. The summed E-state index contributed by atoms with van der Waals surface area (Å²) in [4.78, 5) is 16.6. The Morgan fingerprint density at radius 1 is 1.04 bits per heavy atom. The highest BCUT2D eigenvalue weighted by molar-refractivity contribution is 6.30. The van der Waals surface area contributed by atoms with E-state index in [-0.39, 0.29) is 5.56 Å². The SMILES string of the molecule is Cc1ccccc1-c1noc(CCn2nc(-c3ccc(Cl)cc3)ccc2=O)n1. The van der Waals surface area contributed by atoms with Gasteiger partial charge in [-0.3, -0.25) is 4.79 Å². The van der Waals surface area contributed by atoms with E-state index < -0.39 is 0 Å². The van der Waals surface area contributed by atoms with E-state index in [0.717, 1.165) is 16.7 Å². The third-order valence-electron chi connectivity index (χ3n) is 4.40. The van der Waals surface area contributed by atoms with Gasteiger partial charge < -0.3 is 4.52 Å². The number of nitrogens with zero attached hydrogens (tertiary/aromatic N) is 4. The van der Waals surface area contributed by atoms with Gasteiger partial charge in [0.15, 0.2) is 0 Å². The third-order valence-corrected chi connectivity index (χ3v) is 4.65. The Bertz CT molecular complexity index is 1170. The van der Waals surface area contributed by atoms with Crippen molar-refractivity contribution < 1.29 is 4.52 Å². The molecule has 2 heterocycles. The second kappa shape index (κ2) is 7.78. The van der Waals surface area contributed by atoms with Crippen LogP contribution in [-0.4, -0.2) is 19.9 Å². The summed E-state index contributed by atoms with van der Waals surface area (Å²) >= 11 is 5.93. The Morgan fingerprint density at radius 3 is 2.61 bits per heavy atom. The summed E-state index contributed by atoms with van der Waals surface area (Å²) in [6.45, 7) is 2.34. The molecule has 0 saturated heterocycles. The van der Waals surface area contributed by atoms with Crippen LogP contribution in [0.2, 0.25) is 5.02 Å². The molecule has 0 saturated carbocycles. The van der Waals surface area contributed by atoms with Gasteiger partial charge in [-0.1, -0.05) is 53.2 Å². The highest BCUT2D eigenvalue weighted by atomic mass is 35.5. The second-order valence-corrected chi connectivity index (χ2v) is 6.80. The predicted molar refractivity (Wildman–Crippen MR) is 107 cm³/mol. The Labute approximate surface area is 166 Å². The Kier molecular flexibility index (Phi) is 5.04. The quantitative estimate of drug-likeness (QED) is 0.509. The van der Waals surface area contributed by atoms with Gasteiger partial charge in [0.05, 0.1) is 12.2 Å². The van der Waals surface area contributed by atoms with Crippen molar-refractivity contribution in [2.75, 3.05) is 0 Å². The fourth-order valence-corrected chi connectivity index (χ4v) is 3.00. The van der Waals surface area contributed by atoms with Crippen molar-refractivity contribution in [2.24, 2.45) is 0 Å². The van der Waals surface area contributed by atoms with Crippen LogP contribution in [0.1, 0.15) is 11.5 Å². The van der Waals surface area contributed by atoms with E-state index in [0.29, 0.717) is 35.4 Å². The molecule has 0 spiro atoms. The van der Waals surface area contributed by atoms with Crippen LogP contribution in [0, 0.1) is 6.92 Å². The van der Waals surface area contributed by atoms with E-state index in [4.69, 9.17) is 16.1 Å². The molecule has 2 aromatic heterocycles. The Hall–Kier alpha value is -3.25. The fraction of sp³-hybridized carbons (Fsp3) is 0.143. The van der Waals surface area contributed by atoms with Crippen molar-refractivity contribution in [3.8, 4) is 22.6 Å². The molecule has 4 aromatic rings. The van der Waals surface area contributed by atoms with Crippen molar-refractivity contribution in [1.82, 2.24) is 19.9 Å². The van der Waals surface area contributed by atoms with Crippen molar-refractivity contribution in [3.63, 3.8) is 0 Å². The number of rotatable bonds is 5. The van der Waals surface area contributed by atoms with Crippen molar-refractivity contribution >= 4 is 11.6 Å². The van der Waals surface area contributed by atoms with Crippen LogP contribution in [0.4, 0.5) is 0 Å². The standard InChI is InChI=1S/C21H17ClN4O2/c1-14-4-2-3-5-17(14)21-23-19(28-25-21)12-13-26-20(27)11-10-18(24-26)15-6-8-16(22)9-7-15/h2-11H,12-13H2,1H3. The molecule has 0 bridgehead atoms. The predicted octanol–water partition coefficient (Wildman–Crippen LogP) is 4.16. The number of benzene rings is 2. The molecule has 0 aliphatic rings. The maximum Gasteiger partial charge on any atom is 0.266 e. The molecule has 0 N–H and O–H groups in total. The second-order valence-electron chi connectivity index (χ2n) is 6.36. The zero-order valence-electron chi connectivity index (χ0n) is 15.2. The molecule has 0 amide bonds. The minimum atomic E-state index is -0.184. The van der Waals surface area contributed by atoms with Crippen molar-refractivity contribution in [3.05, 3.63) is 87.5 Å². The summed E-state index contributed by atoms with van der Waals surface area (Å²) < 4.78 is 6.75. The van der Waals surface area contributed by atoms with Crippen LogP contribution >= 0.6 is 11.6 Å². The molecule has 140 valence electrons. The molecular formula is C21H17ClN4O2. The average Bonchev–Trinajstić information content (AvgIpc) is 3.17. The van der Waals surface area contributed by atoms with E-state index in [1.165, 1.54) is 10.7 Å². The van der Waals surface area contributed by atoms with Crippen LogP contribution in [0.3, 0.4) is 0 Å². The lowest BCUT2D eigenvalue weighted by atomic mass is 10.1. The maximum atomic E-state index is 12.2. The smallest absolute Gasteiger partial charge is 0.266 e. The first-order valence-electron chi connectivity index (χ1n) is 8.83. The van der Waals surface area contributed by atoms with Gasteiger partial charge in [-0.2, -0.15) is 10.1 Å². The van der Waals surface area contributed by atoms with Crippen LogP contribution in [0.25, 0.3) is 22.6 Å². The van der Waals surface area contributed by atoms with E-state index in [1.807, 2.05) is 43.3 Å². The average molecular weight is 393 g/mol. The lowest BCUT2D eigenvalue weighted by Gasteiger charge is -2.06. The minimum Gasteiger partial charge on any atom is -0.339 e. The largest absolute Gasteiger partial charge is 0.339 e. The topological polar surface area (TPSA) is 73.8 Å². The van der Waals surface area contributed by atoms with Gasteiger partial charge in [-0.25, -0.2) is 4.68 Å². The molecule has 0 atom stereocenters. The van der Waals surface area contributed by atoms with Gasteiger partial charge >= 0.3 is 0 Å². The molecule has 28 heavy (non-hydrogen) atoms. The number of hydrogen-bond acceptors (Lipinski definition) is 5. The Morgan fingerprint density at radius 2 is 1.82 bits per heavy atom. The van der Waals surface area contributed by atoms with E-state index in [2.05, 4.69) is 15.2 Å². The molecule has 0 aliphatic carbocycles.